The molecule has 0 aliphatic heterocycles. The van der Waals surface area contributed by atoms with Crippen LogP contribution in [0.25, 0.3) is 0 Å². The zero-order valence-electron chi connectivity index (χ0n) is 41.5. The lowest BCUT2D eigenvalue weighted by atomic mass is 10.1. The number of aliphatic carboxylic acids is 1. The fourth-order valence-electron chi connectivity index (χ4n) is 7.37. The Bertz CT molecular complexity index is 1210. The van der Waals surface area contributed by atoms with Crippen molar-refractivity contribution in [1.82, 2.24) is 0 Å². The highest BCUT2D eigenvalue weighted by molar-refractivity contribution is 5.72. The molecule has 0 bridgehead atoms. The number of ether oxygens (including phenoxy) is 3. The summed E-state index contributed by atoms with van der Waals surface area (Å²) >= 11 is 0. The summed E-state index contributed by atoms with van der Waals surface area (Å²) in [7, 11) is 5.52. The number of allylic oxidation sites excluding steroid dienone is 10. The van der Waals surface area contributed by atoms with Crippen LogP contribution in [0.4, 0.5) is 0 Å². The fourth-order valence-corrected chi connectivity index (χ4v) is 7.37. The van der Waals surface area contributed by atoms with Crippen LogP contribution in [0.1, 0.15) is 219 Å². The molecule has 0 aliphatic carbocycles. The number of esters is 2. The first-order chi connectivity index (χ1) is 30.6. The lowest BCUT2D eigenvalue weighted by Gasteiger charge is -2.31. The zero-order chi connectivity index (χ0) is 46.3. The second-order valence-corrected chi connectivity index (χ2v) is 18.4. The van der Waals surface area contributed by atoms with E-state index in [1.807, 2.05) is 21.1 Å². The van der Waals surface area contributed by atoms with E-state index in [-0.39, 0.29) is 42.7 Å². The normalized spacial score (nSPS) is 13.3. The summed E-state index contributed by atoms with van der Waals surface area (Å²) in [6.45, 7) is 4.68. The van der Waals surface area contributed by atoms with Crippen molar-refractivity contribution in [2.45, 2.75) is 231 Å². The predicted molar refractivity (Wildman–Crippen MR) is 266 cm³/mol. The SMILES string of the molecule is CCCCCCCC/C=C/C/C=C/C/C=C/CCCC(=O)OCC(COCCC(C(=O)O)[N+](C)(C)C)OC(=O)CCCCCCCCC/C=C/C/C=C/CCCCCCCCCC. The molecule has 364 valence electrons. The highest BCUT2D eigenvalue weighted by atomic mass is 16.6. The van der Waals surface area contributed by atoms with E-state index < -0.39 is 18.1 Å². The van der Waals surface area contributed by atoms with Gasteiger partial charge in [0, 0.05) is 19.3 Å². The number of nitrogens with zero attached hydrogens (tertiary/aromatic N) is 1. The van der Waals surface area contributed by atoms with E-state index in [4.69, 9.17) is 14.2 Å². The quantitative estimate of drug-likeness (QED) is 0.0281. The lowest BCUT2D eigenvalue weighted by molar-refractivity contribution is -0.887. The third-order valence-corrected chi connectivity index (χ3v) is 11.4. The van der Waals surface area contributed by atoms with Gasteiger partial charge in [0.1, 0.15) is 6.61 Å². The van der Waals surface area contributed by atoms with Crippen LogP contribution < -0.4 is 0 Å². The van der Waals surface area contributed by atoms with Crippen LogP contribution >= 0.6 is 0 Å². The topological polar surface area (TPSA) is 99.1 Å². The molecule has 0 rings (SSSR count). The van der Waals surface area contributed by atoms with Crippen molar-refractivity contribution in [3.8, 4) is 0 Å². The molecule has 0 radical (unpaired) electrons. The van der Waals surface area contributed by atoms with Gasteiger partial charge in [0.05, 0.1) is 34.4 Å². The van der Waals surface area contributed by atoms with Crippen LogP contribution in [-0.2, 0) is 28.6 Å². The fraction of sp³-hybridized carbons (Fsp3) is 0.764. The summed E-state index contributed by atoms with van der Waals surface area (Å²) in [6, 6.07) is -0.626. The predicted octanol–water partition coefficient (Wildman–Crippen LogP) is 14.9. The van der Waals surface area contributed by atoms with E-state index in [0.29, 0.717) is 19.3 Å². The van der Waals surface area contributed by atoms with Crippen molar-refractivity contribution < 1.29 is 38.2 Å². The van der Waals surface area contributed by atoms with Gasteiger partial charge >= 0.3 is 17.9 Å². The molecule has 1 N–H and O–H groups in total. The maximum absolute atomic E-state index is 12.8. The van der Waals surface area contributed by atoms with Gasteiger partial charge in [-0.3, -0.25) is 9.59 Å². The van der Waals surface area contributed by atoms with E-state index in [1.54, 1.807) is 0 Å². The molecule has 0 aromatic rings. The molecule has 8 heteroatoms. The van der Waals surface area contributed by atoms with Gasteiger partial charge in [-0.15, -0.1) is 0 Å². The lowest BCUT2D eigenvalue weighted by Crippen LogP contribution is -2.50. The van der Waals surface area contributed by atoms with Crippen molar-refractivity contribution in [2.75, 3.05) is 41.0 Å². The largest absolute Gasteiger partial charge is 0.477 e. The second-order valence-electron chi connectivity index (χ2n) is 18.4. The van der Waals surface area contributed by atoms with Crippen molar-refractivity contribution in [2.24, 2.45) is 0 Å². The van der Waals surface area contributed by atoms with E-state index in [1.165, 1.54) is 128 Å². The number of unbranched alkanes of at least 4 members (excludes halogenated alkanes) is 22. The Kier molecular flexibility index (Phi) is 43.4. The molecule has 0 saturated carbocycles. The number of rotatable bonds is 46. The Morgan fingerprint density at radius 1 is 0.476 bits per heavy atom. The summed E-state index contributed by atoms with van der Waals surface area (Å²) in [5.74, 6) is -1.54. The Labute approximate surface area is 388 Å². The van der Waals surface area contributed by atoms with E-state index >= 15 is 0 Å². The van der Waals surface area contributed by atoms with Crippen LogP contribution in [-0.4, -0.2) is 80.6 Å². The third kappa shape index (κ3) is 44.0. The second kappa shape index (κ2) is 45.6. The van der Waals surface area contributed by atoms with Gasteiger partial charge in [0.15, 0.2) is 12.1 Å². The van der Waals surface area contributed by atoms with E-state index in [0.717, 1.165) is 51.4 Å². The number of carboxylic acids is 1. The molecule has 0 spiro atoms. The first-order valence-electron chi connectivity index (χ1n) is 25.8. The summed E-state index contributed by atoms with van der Waals surface area (Å²) < 4.78 is 17.3. The van der Waals surface area contributed by atoms with Gasteiger partial charge in [-0.05, 0) is 77.0 Å². The monoisotopic (exact) mass is 885 g/mol. The molecule has 63 heavy (non-hydrogen) atoms. The summed E-state index contributed by atoms with van der Waals surface area (Å²) in [5.41, 5.74) is 0. The molecule has 2 atom stereocenters. The van der Waals surface area contributed by atoms with Crippen molar-refractivity contribution in [1.29, 1.82) is 0 Å². The summed E-state index contributed by atoms with van der Waals surface area (Å²) in [5, 5.41) is 9.65. The molecule has 2 unspecified atom stereocenters. The number of likely N-dealkylation sites (N-methyl/N-ethyl adjacent to an activating group) is 1. The molecule has 0 amide bonds. The minimum absolute atomic E-state index is 0.0406. The number of carbonyl (C=O) groups is 3. The minimum atomic E-state index is -0.883. The smallest absolute Gasteiger partial charge is 0.362 e. The first kappa shape index (κ1) is 60.0. The van der Waals surface area contributed by atoms with Crippen LogP contribution in [0.5, 0.6) is 0 Å². The van der Waals surface area contributed by atoms with Crippen LogP contribution in [0.15, 0.2) is 60.8 Å². The van der Waals surface area contributed by atoms with Crippen molar-refractivity contribution >= 4 is 17.9 Å². The molecule has 0 saturated heterocycles. The van der Waals surface area contributed by atoms with E-state index in [2.05, 4.69) is 74.6 Å². The molecular weight excluding hydrogens is 787 g/mol. The van der Waals surface area contributed by atoms with Gasteiger partial charge in [-0.2, -0.15) is 0 Å². The molecule has 0 aromatic heterocycles. The van der Waals surface area contributed by atoms with Crippen molar-refractivity contribution in [3.63, 3.8) is 0 Å². The Hall–Kier alpha value is -2.97. The standard InChI is InChI=1S/C55H97NO7/c1-6-8-10-12-14-16-18-20-22-24-25-26-27-28-30-32-34-36-38-40-42-44-46-54(58)63-51(49-61-48-47-52(55(59)60)56(3,4)5)50-62-53(57)45-43-41-39-37-35-33-31-29-23-21-19-17-15-13-11-9-7-2/h21,23-25,27-28,31,33,37,39,51-52H,6-20,22,26,29-30,32,34-36,38,40-50H2,1-5H3/p+1/b23-21+,25-24+,28-27+,33-31+,39-37+. The van der Waals surface area contributed by atoms with Gasteiger partial charge in [0.25, 0.3) is 0 Å². The number of hydrogen-bond acceptors (Lipinski definition) is 6. The van der Waals surface area contributed by atoms with Gasteiger partial charge < -0.3 is 23.8 Å². The maximum atomic E-state index is 12.8. The first-order valence-corrected chi connectivity index (χ1v) is 25.8. The summed E-state index contributed by atoms with van der Waals surface area (Å²) in [4.78, 5) is 37.1. The highest BCUT2D eigenvalue weighted by Crippen LogP contribution is 2.14. The van der Waals surface area contributed by atoms with Crippen molar-refractivity contribution in [3.05, 3.63) is 60.8 Å². The minimum Gasteiger partial charge on any atom is -0.477 e. The zero-order valence-corrected chi connectivity index (χ0v) is 41.5. The van der Waals surface area contributed by atoms with Crippen LogP contribution in [0.3, 0.4) is 0 Å². The van der Waals surface area contributed by atoms with Crippen LogP contribution in [0, 0.1) is 0 Å². The Morgan fingerprint density at radius 2 is 0.857 bits per heavy atom. The van der Waals surface area contributed by atoms with Crippen LogP contribution in [0.2, 0.25) is 0 Å². The number of hydrogen-bond donors (Lipinski definition) is 1. The number of quaternary nitrogens is 1. The molecular formula is C55H98NO7+. The van der Waals surface area contributed by atoms with Gasteiger partial charge in [0.2, 0.25) is 0 Å². The average molecular weight is 885 g/mol. The summed E-state index contributed by atoms with van der Waals surface area (Å²) in [6.07, 6.45) is 57.1. The molecule has 8 nitrogen and oxygen atoms in total. The highest BCUT2D eigenvalue weighted by Gasteiger charge is 2.31. The molecule has 0 aromatic carbocycles. The number of carbonyl (C=O) groups excluding carboxylic acids is 2. The number of carboxylic acid groups (broad SMARTS) is 1. The Morgan fingerprint density at radius 3 is 1.29 bits per heavy atom. The van der Waals surface area contributed by atoms with E-state index in [9.17, 15) is 19.5 Å². The Balaban J connectivity index is 4.33. The maximum Gasteiger partial charge on any atom is 0.362 e. The van der Waals surface area contributed by atoms with Gasteiger partial charge in [-0.1, -0.05) is 184 Å². The molecule has 0 fully saturated rings. The average Bonchev–Trinajstić information content (AvgIpc) is 3.24. The molecule has 0 aliphatic rings. The third-order valence-electron chi connectivity index (χ3n) is 11.4. The molecule has 0 heterocycles. The van der Waals surface area contributed by atoms with Gasteiger partial charge in [-0.25, -0.2) is 4.79 Å².